The molecule has 0 saturated heterocycles. The Morgan fingerprint density at radius 1 is 1.21 bits per heavy atom. The Labute approximate surface area is 168 Å². The maximum atomic E-state index is 13.1. The van der Waals surface area contributed by atoms with Crippen molar-refractivity contribution in [3.63, 3.8) is 0 Å². The van der Waals surface area contributed by atoms with Crippen molar-refractivity contribution in [1.29, 1.82) is 0 Å². The molecule has 6 heteroatoms. The lowest BCUT2D eigenvalue weighted by molar-refractivity contribution is 0.0941. The average molecular weight is 385 g/mol. The second-order valence-electron chi connectivity index (χ2n) is 7.86. The van der Waals surface area contributed by atoms with Gasteiger partial charge >= 0.3 is 0 Å². The number of carbonyl (C=O) groups is 1. The summed E-state index contributed by atoms with van der Waals surface area (Å²) < 4.78 is 1.90. The van der Waals surface area contributed by atoms with Crippen LogP contribution in [0, 0.1) is 12.8 Å². The van der Waals surface area contributed by atoms with Gasteiger partial charge in [0.05, 0.1) is 11.7 Å². The van der Waals surface area contributed by atoms with Crippen LogP contribution in [0.2, 0.25) is 0 Å². The zero-order chi connectivity index (χ0) is 19.8. The van der Waals surface area contributed by atoms with Gasteiger partial charge in [-0.25, -0.2) is 0 Å². The van der Waals surface area contributed by atoms with E-state index in [1.807, 2.05) is 41.2 Å². The number of fused-ring (bicyclic) bond motifs is 1. The molecule has 1 fully saturated rings. The zero-order valence-electron chi connectivity index (χ0n) is 16.4. The van der Waals surface area contributed by atoms with E-state index in [-0.39, 0.29) is 5.91 Å². The standard InChI is InChI=1S/C23H23N5O/c1-15-3-2-4-17(9-15)11-24-23(29)22-20-8-7-18(19-12-25-26-13-19)10-21(20)27-28(22)14-16-5-6-16/h2-4,7-10,12-13,16H,5-6,11,14H2,1H3,(H,24,29)(H,25,26). The van der Waals surface area contributed by atoms with Gasteiger partial charge in [-0.3, -0.25) is 14.6 Å². The number of amides is 1. The second kappa shape index (κ2) is 7.20. The number of nitrogens with zero attached hydrogens (tertiary/aromatic N) is 3. The maximum Gasteiger partial charge on any atom is 0.270 e. The van der Waals surface area contributed by atoms with Crippen molar-refractivity contribution >= 4 is 16.8 Å². The first-order chi connectivity index (χ1) is 14.2. The number of carbonyl (C=O) groups excluding carboxylic acids is 1. The zero-order valence-corrected chi connectivity index (χ0v) is 16.4. The molecule has 0 bridgehead atoms. The predicted octanol–water partition coefficient (Wildman–Crippen LogP) is 4.07. The molecule has 29 heavy (non-hydrogen) atoms. The summed E-state index contributed by atoms with van der Waals surface area (Å²) in [6.07, 6.45) is 6.07. The Bertz CT molecular complexity index is 1170. The van der Waals surface area contributed by atoms with Crippen LogP contribution in [-0.4, -0.2) is 25.9 Å². The molecule has 1 amide bonds. The van der Waals surface area contributed by atoms with E-state index < -0.39 is 0 Å². The summed E-state index contributed by atoms with van der Waals surface area (Å²) in [5.74, 6) is 0.548. The number of aryl methyl sites for hydroxylation is 1. The number of H-pyrrole nitrogens is 1. The summed E-state index contributed by atoms with van der Waals surface area (Å²) in [6, 6.07) is 14.2. The molecule has 0 radical (unpaired) electrons. The van der Waals surface area contributed by atoms with E-state index in [1.165, 1.54) is 18.4 Å². The van der Waals surface area contributed by atoms with Crippen LogP contribution in [0.25, 0.3) is 22.0 Å². The molecular formula is C23H23N5O. The van der Waals surface area contributed by atoms with E-state index >= 15 is 0 Å². The normalized spacial score (nSPS) is 13.7. The predicted molar refractivity (Wildman–Crippen MR) is 112 cm³/mol. The topological polar surface area (TPSA) is 75.6 Å². The van der Waals surface area contributed by atoms with Gasteiger partial charge < -0.3 is 5.32 Å². The van der Waals surface area contributed by atoms with Gasteiger partial charge in [0, 0.05) is 30.2 Å². The summed E-state index contributed by atoms with van der Waals surface area (Å²) in [5.41, 5.74) is 5.82. The minimum absolute atomic E-state index is 0.0780. The van der Waals surface area contributed by atoms with E-state index in [9.17, 15) is 4.79 Å². The molecule has 0 atom stereocenters. The third kappa shape index (κ3) is 3.66. The number of hydrogen-bond donors (Lipinski definition) is 2. The summed E-state index contributed by atoms with van der Waals surface area (Å²) >= 11 is 0. The third-order valence-electron chi connectivity index (χ3n) is 5.45. The highest BCUT2D eigenvalue weighted by atomic mass is 16.2. The highest BCUT2D eigenvalue weighted by molar-refractivity contribution is 6.05. The van der Waals surface area contributed by atoms with Gasteiger partial charge in [0.1, 0.15) is 5.69 Å². The van der Waals surface area contributed by atoms with E-state index in [4.69, 9.17) is 5.10 Å². The molecule has 2 aromatic heterocycles. The monoisotopic (exact) mass is 385 g/mol. The van der Waals surface area contributed by atoms with Crippen molar-refractivity contribution in [3.8, 4) is 11.1 Å². The second-order valence-corrected chi connectivity index (χ2v) is 7.86. The molecule has 1 saturated carbocycles. The van der Waals surface area contributed by atoms with Crippen LogP contribution in [-0.2, 0) is 13.1 Å². The Morgan fingerprint density at radius 2 is 2.10 bits per heavy atom. The minimum atomic E-state index is -0.0780. The number of hydrogen-bond acceptors (Lipinski definition) is 3. The first-order valence-corrected chi connectivity index (χ1v) is 10.0. The Balaban J connectivity index is 1.47. The molecule has 5 rings (SSSR count). The quantitative estimate of drug-likeness (QED) is 0.525. The van der Waals surface area contributed by atoms with Crippen LogP contribution in [0.4, 0.5) is 0 Å². The van der Waals surface area contributed by atoms with Crippen LogP contribution in [0.3, 0.4) is 0 Å². The molecular weight excluding hydrogens is 362 g/mol. The highest BCUT2D eigenvalue weighted by Gasteiger charge is 2.26. The maximum absolute atomic E-state index is 13.1. The van der Waals surface area contributed by atoms with Crippen molar-refractivity contribution in [2.75, 3.05) is 0 Å². The summed E-state index contributed by atoms with van der Waals surface area (Å²) in [7, 11) is 0. The minimum Gasteiger partial charge on any atom is -0.347 e. The molecule has 4 aromatic rings. The van der Waals surface area contributed by atoms with E-state index in [1.54, 1.807) is 6.20 Å². The summed E-state index contributed by atoms with van der Waals surface area (Å²) in [6.45, 7) is 3.35. The number of benzene rings is 2. The lowest BCUT2D eigenvalue weighted by Crippen LogP contribution is -2.26. The van der Waals surface area contributed by atoms with Crippen LogP contribution in [0.1, 0.15) is 34.5 Å². The molecule has 146 valence electrons. The van der Waals surface area contributed by atoms with Crippen molar-refractivity contribution in [2.24, 2.45) is 5.92 Å². The largest absolute Gasteiger partial charge is 0.347 e. The van der Waals surface area contributed by atoms with Gasteiger partial charge in [0.15, 0.2) is 0 Å². The molecule has 2 N–H and O–H groups in total. The smallest absolute Gasteiger partial charge is 0.270 e. The molecule has 1 aliphatic carbocycles. The SMILES string of the molecule is Cc1cccc(CNC(=O)c2c3ccc(-c4cn[nH]c4)cc3nn2CC2CC2)c1. The van der Waals surface area contributed by atoms with Gasteiger partial charge in [0.2, 0.25) is 0 Å². The summed E-state index contributed by atoms with van der Waals surface area (Å²) in [5, 5.41) is 15.6. The molecule has 2 heterocycles. The van der Waals surface area contributed by atoms with Crippen molar-refractivity contribution in [1.82, 2.24) is 25.3 Å². The van der Waals surface area contributed by atoms with Crippen molar-refractivity contribution < 1.29 is 4.79 Å². The van der Waals surface area contributed by atoms with Crippen LogP contribution >= 0.6 is 0 Å². The number of rotatable bonds is 6. The van der Waals surface area contributed by atoms with Crippen LogP contribution in [0.5, 0.6) is 0 Å². The molecule has 0 aliphatic heterocycles. The number of nitrogens with one attached hydrogen (secondary N) is 2. The van der Waals surface area contributed by atoms with Gasteiger partial charge in [-0.15, -0.1) is 0 Å². The average Bonchev–Trinajstić information content (AvgIpc) is 3.23. The van der Waals surface area contributed by atoms with Crippen LogP contribution < -0.4 is 5.32 Å². The van der Waals surface area contributed by atoms with Gasteiger partial charge in [-0.05, 0) is 48.9 Å². The van der Waals surface area contributed by atoms with Gasteiger partial charge in [-0.1, -0.05) is 35.9 Å². The fourth-order valence-electron chi connectivity index (χ4n) is 3.73. The first kappa shape index (κ1) is 17.7. The summed E-state index contributed by atoms with van der Waals surface area (Å²) in [4.78, 5) is 13.1. The van der Waals surface area contributed by atoms with Crippen LogP contribution in [0.15, 0.2) is 54.9 Å². The number of aromatic nitrogens is 4. The molecule has 1 aliphatic rings. The molecule has 0 unspecified atom stereocenters. The molecule has 0 spiro atoms. The fourth-order valence-corrected chi connectivity index (χ4v) is 3.73. The van der Waals surface area contributed by atoms with Gasteiger partial charge in [-0.2, -0.15) is 10.2 Å². The highest BCUT2D eigenvalue weighted by Crippen LogP contribution is 2.32. The molecule has 6 nitrogen and oxygen atoms in total. The lowest BCUT2D eigenvalue weighted by atomic mass is 10.1. The first-order valence-electron chi connectivity index (χ1n) is 10.0. The van der Waals surface area contributed by atoms with E-state index in [0.29, 0.717) is 18.2 Å². The fraction of sp³-hybridized carbons (Fsp3) is 0.261. The van der Waals surface area contributed by atoms with E-state index in [2.05, 4.69) is 34.6 Å². The lowest BCUT2D eigenvalue weighted by Gasteiger charge is -2.09. The Kier molecular flexibility index (Phi) is 4.39. The number of aromatic amines is 1. The Hall–Kier alpha value is -3.41. The third-order valence-corrected chi connectivity index (χ3v) is 5.45. The van der Waals surface area contributed by atoms with Gasteiger partial charge in [0.25, 0.3) is 5.91 Å². The Morgan fingerprint density at radius 3 is 2.86 bits per heavy atom. The van der Waals surface area contributed by atoms with Crippen molar-refractivity contribution in [2.45, 2.75) is 32.9 Å². The van der Waals surface area contributed by atoms with Crippen molar-refractivity contribution in [3.05, 3.63) is 71.7 Å². The molecule has 2 aromatic carbocycles. The van der Waals surface area contributed by atoms with E-state index in [0.717, 1.165) is 34.1 Å².